The topological polar surface area (TPSA) is 57.7 Å². The van der Waals surface area contributed by atoms with Crippen molar-refractivity contribution in [3.8, 4) is 0 Å². The van der Waals surface area contributed by atoms with Gasteiger partial charge in [-0.15, -0.1) is 0 Å². The molecule has 1 saturated heterocycles. The van der Waals surface area contributed by atoms with Crippen LogP contribution >= 0.6 is 0 Å². The highest BCUT2D eigenvalue weighted by Gasteiger charge is 2.21. The lowest BCUT2D eigenvalue weighted by Crippen LogP contribution is -2.28. The predicted octanol–water partition coefficient (Wildman–Crippen LogP) is 2.27. The van der Waals surface area contributed by atoms with E-state index < -0.39 is 10.0 Å². The second-order valence-corrected chi connectivity index (χ2v) is 8.10. The van der Waals surface area contributed by atoms with Crippen molar-refractivity contribution in [2.45, 2.75) is 43.9 Å². The molecule has 5 nitrogen and oxygen atoms in total. The summed E-state index contributed by atoms with van der Waals surface area (Å²) >= 11 is 0. The van der Waals surface area contributed by atoms with E-state index in [1.807, 2.05) is 24.0 Å². The molecule has 128 valence electrons. The molecule has 0 radical (unpaired) electrons. The highest BCUT2D eigenvalue weighted by atomic mass is 32.2. The summed E-state index contributed by atoms with van der Waals surface area (Å²) in [6.45, 7) is 4.13. The number of unbranched alkanes of at least 4 members (excludes halogenated alkanes) is 1. The summed E-state index contributed by atoms with van der Waals surface area (Å²) in [5, 5.41) is 0. The zero-order valence-electron chi connectivity index (χ0n) is 14.0. The highest BCUT2D eigenvalue weighted by Crippen LogP contribution is 2.17. The fraction of sp³-hybridized carbons (Fsp3) is 0.588. The molecule has 0 unspecified atom stereocenters. The monoisotopic (exact) mass is 338 g/mol. The molecular formula is C17H26N2O3S. The maximum atomic E-state index is 12.4. The first kappa shape index (κ1) is 17.9. The predicted molar refractivity (Wildman–Crippen MR) is 90.7 cm³/mol. The summed E-state index contributed by atoms with van der Waals surface area (Å²) in [5.74, 6) is 0.224. The van der Waals surface area contributed by atoms with E-state index in [9.17, 15) is 13.2 Å². The Morgan fingerprint density at radius 3 is 2.48 bits per heavy atom. The average Bonchev–Trinajstić information content (AvgIpc) is 2.96. The number of sulfonamides is 1. The summed E-state index contributed by atoms with van der Waals surface area (Å²) in [4.78, 5) is 13.8. The van der Waals surface area contributed by atoms with Crippen LogP contribution in [-0.4, -0.2) is 50.2 Å². The van der Waals surface area contributed by atoms with Crippen molar-refractivity contribution < 1.29 is 13.2 Å². The van der Waals surface area contributed by atoms with Crippen molar-refractivity contribution in [1.29, 1.82) is 0 Å². The first-order chi connectivity index (χ1) is 10.9. The van der Waals surface area contributed by atoms with Gasteiger partial charge < -0.3 is 4.90 Å². The Labute approximate surface area is 139 Å². The molecule has 1 aromatic rings. The summed E-state index contributed by atoms with van der Waals surface area (Å²) in [7, 11) is -1.78. The molecule has 1 amide bonds. The number of nitrogens with zero attached hydrogens (tertiary/aromatic N) is 2. The van der Waals surface area contributed by atoms with Gasteiger partial charge in [-0.3, -0.25) is 4.79 Å². The number of carbonyl (C=O) groups is 1. The molecule has 0 spiro atoms. The number of hydrogen-bond acceptors (Lipinski definition) is 3. The van der Waals surface area contributed by atoms with E-state index in [1.54, 1.807) is 19.2 Å². The Morgan fingerprint density at radius 2 is 1.91 bits per heavy atom. The third kappa shape index (κ3) is 4.54. The first-order valence-corrected chi connectivity index (χ1v) is 9.72. The van der Waals surface area contributed by atoms with E-state index >= 15 is 0 Å². The third-order valence-corrected chi connectivity index (χ3v) is 6.17. The summed E-state index contributed by atoms with van der Waals surface area (Å²) in [5.41, 5.74) is 1.06. The van der Waals surface area contributed by atoms with Gasteiger partial charge in [0, 0.05) is 33.1 Å². The minimum Gasteiger partial charge on any atom is -0.342 e. The van der Waals surface area contributed by atoms with Crippen LogP contribution in [0.1, 0.15) is 38.2 Å². The molecule has 6 heteroatoms. The number of amides is 1. The van der Waals surface area contributed by atoms with E-state index in [4.69, 9.17) is 0 Å². The zero-order chi connectivity index (χ0) is 16.9. The van der Waals surface area contributed by atoms with Gasteiger partial charge in [0.2, 0.25) is 15.9 Å². The molecule has 1 aliphatic heterocycles. The molecular weight excluding hydrogens is 312 g/mol. The molecule has 0 bridgehead atoms. The van der Waals surface area contributed by atoms with Gasteiger partial charge in [0.05, 0.1) is 4.90 Å². The number of likely N-dealkylation sites (tertiary alicyclic amines) is 1. The van der Waals surface area contributed by atoms with Gasteiger partial charge in [-0.25, -0.2) is 12.7 Å². The van der Waals surface area contributed by atoms with Crippen molar-refractivity contribution in [2.24, 2.45) is 0 Å². The first-order valence-electron chi connectivity index (χ1n) is 8.28. The van der Waals surface area contributed by atoms with Crippen LogP contribution in [0.3, 0.4) is 0 Å². The standard InChI is InChI=1S/C17H26N2O3S/c1-3-4-12-18(2)23(21,22)16-9-7-15(8-10-16)11-14-19-13-5-6-17(19)20/h7-10H,3-6,11-14H2,1-2H3. The lowest BCUT2D eigenvalue weighted by atomic mass is 10.1. The van der Waals surface area contributed by atoms with Crippen LogP contribution in [0.15, 0.2) is 29.2 Å². The van der Waals surface area contributed by atoms with E-state index in [2.05, 4.69) is 0 Å². The molecule has 23 heavy (non-hydrogen) atoms. The fourth-order valence-corrected chi connectivity index (χ4v) is 3.92. The molecule has 0 saturated carbocycles. The third-order valence-electron chi connectivity index (χ3n) is 4.30. The Morgan fingerprint density at radius 1 is 1.22 bits per heavy atom. The smallest absolute Gasteiger partial charge is 0.242 e. The summed E-state index contributed by atoms with van der Waals surface area (Å²) < 4.78 is 26.3. The largest absolute Gasteiger partial charge is 0.342 e. The molecule has 0 atom stereocenters. The van der Waals surface area contributed by atoms with E-state index in [0.717, 1.165) is 37.8 Å². The van der Waals surface area contributed by atoms with Crippen LogP contribution in [-0.2, 0) is 21.2 Å². The maximum absolute atomic E-state index is 12.4. The second kappa shape index (κ2) is 7.93. The minimum atomic E-state index is -3.40. The Bertz CT molecular complexity index is 626. The molecule has 2 rings (SSSR count). The Kier molecular flexibility index (Phi) is 6.18. The Hall–Kier alpha value is -1.40. The molecule has 0 aromatic heterocycles. The highest BCUT2D eigenvalue weighted by molar-refractivity contribution is 7.89. The maximum Gasteiger partial charge on any atom is 0.242 e. The molecule has 1 aromatic carbocycles. The van der Waals surface area contributed by atoms with Crippen LogP contribution in [0.4, 0.5) is 0 Å². The quantitative estimate of drug-likeness (QED) is 0.731. The molecule has 1 heterocycles. The van der Waals surface area contributed by atoms with E-state index in [-0.39, 0.29) is 5.91 Å². The van der Waals surface area contributed by atoms with Crippen molar-refractivity contribution in [2.75, 3.05) is 26.7 Å². The Balaban J connectivity index is 1.97. The lowest BCUT2D eigenvalue weighted by Gasteiger charge is -2.17. The number of rotatable bonds is 8. The normalized spacial score (nSPS) is 15.6. The van der Waals surface area contributed by atoms with Gasteiger partial charge in [0.1, 0.15) is 0 Å². The minimum absolute atomic E-state index is 0.224. The van der Waals surface area contributed by atoms with Gasteiger partial charge >= 0.3 is 0 Å². The van der Waals surface area contributed by atoms with Crippen LogP contribution in [0.25, 0.3) is 0 Å². The summed E-state index contributed by atoms with van der Waals surface area (Å²) in [6.07, 6.45) is 4.19. The van der Waals surface area contributed by atoms with E-state index in [0.29, 0.717) is 24.4 Å². The van der Waals surface area contributed by atoms with Crippen LogP contribution in [0.5, 0.6) is 0 Å². The van der Waals surface area contributed by atoms with Crippen molar-refractivity contribution in [3.05, 3.63) is 29.8 Å². The van der Waals surface area contributed by atoms with E-state index in [1.165, 1.54) is 4.31 Å². The lowest BCUT2D eigenvalue weighted by molar-refractivity contribution is -0.127. The van der Waals surface area contributed by atoms with Crippen LogP contribution in [0, 0.1) is 0 Å². The van der Waals surface area contributed by atoms with Gasteiger partial charge in [-0.05, 0) is 37.0 Å². The van der Waals surface area contributed by atoms with Crippen molar-refractivity contribution in [3.63, 3.8) is 0 Å². The molecule has 1 aliphatic rings. The van der Waals surface area contributed by atoms with Crippen molar-refractivity contribution in [1.82, 2.24) is 9.21 Å². The fourth-order valence-electron chi connectivity index (χ4n) is 2.71. The summed E-state index contributed by atoms with van der Waals surface area (Å²) in [6, 6.07) is 7.03. The van der Waals surface area contributed by atoms with Crippen LogP contribution in [0.2, 0.25) is 0 Å². The second-order valence-electron chi connectivity index (χ2n) is 6.06. The zero-order valence-corrected chi connectivity index (χ0v) is 14.8. The number of hydrogen-bond donors (Lipinski definition) is 0. The van der Waals surface area contributed by atoms with Gasteiger partial charge in [0.25, 0.3) is 0 Å². The van der Waals surface area contributed by atoms with Crippen LogP contribution < -0.4 is 0 Å². The van der Waals surface area contributed by atoms with Gasteiger partial charge in [0.15, 0.2) is 0 Å². The van der Waals surface area contributed by atoms with Crippen molar-refractivity contribution >= 4 is 15.9 Å². The molecule has 1 fully saturated rings. The van der Waals surface area contributed by atoms with Gasteiger partial charge in [-0.2, -0.15) is 0 Å². The number of carbonyl (C=O) groups excluding carboxylic acids is 1. The average molecular weight is 338 g/mol. The SMILES string of the molecule is CCCCN(C)S(=O)(=O)c1ccc(CCN2CCCC2=O)cc1. The molecule has 0 N–H and O–H groups in total. The molecule has 0 aliphatic carbocycles. The van der Waals surface area contributed by atoms with Gasteiger partial charge in [-0.1, -0.05) is 25.5 Å². The number of benzene rings is 1.